The van der Waals surface area contributed by atoms with Crippen molar-refractivity contribution in [2.75, 3.05) is 18.1 Å². The minimum Gasteiger partial charge on any atom is -0.348 e. The van der Waals surface area contributed by atoms with Crippen LogP contribution in [-0.4, -0.2) is 30.0 Å². The van der Waals surface area contributed by atoms with Crippen LogP contribution in [0.3, 0.4) is 0 Å². The normalized spacial score (nSPS) is 21.3. The van der Waals surface area contributed by atoms with Crippen LogP contribution >= 0.6 is 23.4 Å². The zero-order chi connectivity index (χ0) is 13.0. The number of hydrogen-bond donors (Lipinski definition) is 2. The van der Waals surface area contributed by atoms with Crippen LogP contribution in [0.5, 0.6) is 0 Å². The maximum atomic E-state index is 12.1. The summed E-state index contributed by atoms with van der Waals surface area (Å²) < 4.78 is 0. The molecular weight excluding hydrogens is 268 g/mol. The molecule has 0 radical (unpaired) electrons. The lowest BCUT2D eigenvalue weighted by Gasteiger charge is -2.24. The molecule has 1 aliphatic heterocycles. The van der Waals surface area contributed by atoms with Gasteiger partial charge in [-0.3, -0.25) is 4.79 Å². The van der Waals surface area contributed by atoms with E-state index in [0.29, 0.717) is 5.02 Å². The Morgan fingerprint density at radius 2 is 2.33 bits per heavy atom. The van der Waals surface area contributed by atoms with Gasteiger partial charge >= 0.3 is 0 Å². The Balaban J connectivity index is 1.96. The van der Waals surface area contributed by atoms with Crippen LogP contribution in [0.1, 0.15) is 18.5 Å². The quantitative estimate of drug-likeness (QED) is 0.894. The number of carbonyl (C=O) groups is 1. The number of carbonyl (C=O) groups excluding carboxylic acids is 1. The van der Waals surface area contributed by atoms with Crippen molar-refractivity contribution in [1.82, 2.24) is 10.6 Å². The minimum absolute atomic E-state index is 0.0506. The molecule has 1 aromatic rings. The molecule has 1 heterocycles. The van der Waals surface area contributed by atoms with Crippen LogP contribution < -0.4 is 10.6 Å². The van der Waals surface area contributed by atoms with E-state index in [-0.39, 0.29) is 18.0 Å². The number of nitrogens with one attached hydrogen (secondary N) is 2. The number of thioether (sulfide) groups is 1. The fraction of sp³-hybridized carbons (Fsp3) is 0.462. The van der Waals surface area contributed by atoms with Crippen molar-refractivity contribution in [1.29, 1.82) is 0 Å². The average molecular weight is 285 g/mol. The van der Waals surface area contributed by atoms with Crippen LogP contribution in [0, 0.1) is 0 Å². The summed E-state index contributed by atoms with van der Waals surface area (Å²) in [7, 11) is 0. The van der Waals surface area contributed by atoms with Gasteiger partial charge in [0.1, 0.15) is 0 Å². The second kappa shape index (κ2) is 6.45. The predicted octanol–water partition coefficient (Wildman–Crippen LogP) is 2.22. The van der Waals surface area contributed by atoms with Gasteiger partial charge in [-0.1, -0.05) is 29.8 Å². The van der Waals surface area contributed by atoms with Crippen molar-refractivity contribution < 1.29 is 4.79 Å². The van der Waals surface area contributed by atoms with E-state index in [9.17, 15) is 4.79 Å². The lowest BCUT2D eigenvalue weighted by atomic mass is 10.1. The van der Waals surface area contributed by atoms with E-state index in [1.165, 1.54) is 0 Å². The third-order valence-corrected chi connectivity index (χ3v) is 4.37. The van der Waals surface area contributed by atoms with Gasteiger partial charge in [-0.15, -0.1) is 0 Å². The Morgan fingerprint density at radius 1 is 1.56 bits per heavy atom. The fourth-order valence-electron chi connectivity index (χ4n) is 1.95. The third-order valence-electron chi connectivity index (χ3n) is 2.97. The SMILES string of the molecule is C[C@H](NC(=O)C1CSCCN1)c1ccccc1Cl. The van der Waals surface area contributed by atoms with Crippen LogP contribution in [0.4, 0.5) is 0 Å². The smallest absolute Gasteiger partial charge is 0.238 e. The molecule has 2 rings (SSSR count). The van der Waals surface area contributed by atoms with Gasteiger partial charge in [0.15, 0.2) is 0 Å². The zero-order valence-corrected chi connectivity index (χ0v) is 11.9. The van der Waals surface area contributed by atoms with Crippen LogP contribution in [0.25, 0.3) is 0 Å². The Bertz CT molecular complexity index is 421. The van der Waals surface area contributed by atoms with Crippen molar-refractivity contribution in [3.8, 4) is 0 Å². The Kier molecular flexibility index (Phi) is 4.92. The summed E-state index contributed by atoms with van der Waals surface area (Å²) in [6.45, 7) is 2.85. The molecule has 1 fully saturated rings. The Hall–Kier alpha value is -0.710. The van der Waals surface area contributed by atoms with Crippen LogP contribution in [0.15, 0.2) is 24.3 Å². The molecule has 0 aliphatic carbocycles. The monoisotopic (exact) mass is 284 g/mol. The molecule has 1 amide bonds. The number of halogens is 1. The Morgan fingerprint density at radius 3 is 3.00 bits per heavy atom. The van der Waals surface area contributed by atoms with Gasteiger partial charge in [0.05, 0.1) is 12.1 Å². The van der Waals surface area contributed by atoms with Gasteiger partial charge < -0.3 is 10.6 Å². The first-order valence-corrected chi connectivity index (χ1v) is 7.57. The third kappa shape index (κ3) is 3.40. The molecule has 1 unspecified atom stereocenters. The van der Waals surface area contributed by atoms with Gasteiger partial charge in [-0.2, -0.15) is 11.8 Å². The van der Waals surface area contributed by atoms with Gasteiger partial charge in [-0.25, -0.2) is 0 Å². The van der Waals surface area contributed by atoms with Crippen molar-refractivity contribution in [2.24, 2.45) is 0 Å². The second-order valence-electron chi connectivity index (χ2n) is 4.33. The first kappa shape index (κ1) is 13.7. The van der Waals surface area contributed by atoms with Gasteiger partial charge in [0, 0.05) is 23.1 Å². The summed E-state index contributed by atoms with van der Waals surface area (Å²) in [5.41, 5.74) is 0.955. The predicted molar refractivity (Wildman–Crippen MR) is 77.1 cm³/mol. The molecule has 1 saturated heterocycles. The molecular formula is C13H17ClN2OS. The maximum absolute atomic E-state index is 12.1. The largest absolute Gasteiger partial charge is 0.348 e. The van der Waals surface area contributed by atoms with E-state index in [4.69, 9.17) is 11.6 Å². The van der Waals surface area contributed by atoms with E-state index in [1.807, 2.05) is 43.0 Å². The van der Waals surface area contributed by atoms with Crippen molar-refractivity contribution >= 4 is 29.3 Å². The molecule has 0 saturated carbocycles. The topological polar surface area (TPSA) is 41.1 Å². The summed E-state index contributed by atoms with van der Waals surface area (Å²) in [6, 6.07) is 7.44. The molecule has 0 bridgehead atoms. The summed E-state index contributed by atoms with van der Waals surface area (Å²) >= 11 is 7.93. The maximum Gasteiger partial charge on any atom is 0.238 e. The highest BCUT2D eigenvalue weighted by molar-refractivity contribution is 7.99. The van der Waals surface area contributed by atoms with E-state index >= 15 is 0 Å². The molecule has 0 spiro atoms. The lowest BCUT2D eigenvalue weighted by molar-refractivity contribution is -0.123. The minimum atomic E-state index is -0.0892. The van der Waals surface area contributed by atoms with E-state index < -0.39 is 0 Å². The number of hydrogen-bond acceptors (Lipinski definition) is 3. The highest BCUT2D eigenvalue weighted by Crippen LogP contribution is 2.22. The van der Waals surface area contributed by atoms with E-state index in [1.54, 1.807) is 0 Å². The lowest BCUT2D eigenvalue weighted by Crippen LogP contribution is -2.49. The van der Waals surface area contributed by atoms with E-state index in [2.05, 4.69) is 10.6 Å². The molecule has 3 nitrogen and oxygen atoms in total. The van der Waals surface area contributed by atoms with Crippen LogP contribution in [0.2, 0.25) is 5.02 Å². The Labute approximate surface area is 117 Å². The molecule has 1 aromatic carbocycles. The van der Waals surface area contributed by atoms with Gasteiger partial charge in [-0.05, 0) is 18.6 Å². The molecule has 0 aromatic heterocycles. The van der Waals surface area contributed by atoms with E-state index in [0.717, 1.165) is 23.6 Å². The summed E-state index contributed by atoms with van der Waals surface area (Å²) in [5, 5.41) is 6.92. The number of rotatable bonds is 3. The van der Waals surface area contributed by atoms with Crippen LogP contribution in [-0.2, 0) is 4.79 Å². The first-order chi connectivity index (χ1) is 8.68. The number of amides is 1. The fourth-order valence-corrected chi connectivity index (χ4v) is 3.18. The van der Waals surface area contributed by atoms with Gasteiger partial charge in [0.25, 0.3) is 0 Å². The molecule has 2 atom stereocenters. The molecule has 18 heavy (non-hydrogen) atoms. The highest BCUT2D eigenvalue weighted by atomic mass is 35.5. The molecule has 5 heteroatoms. The standard InChI is InChI=1S/C13H17ClN2OS/c1-9(10-4-2-3-5-11(10)14)16-13(17)12-8-18-7-6-15-12/h2-5,9,12,15H,6-8H2,1H3,(H,16,17)/t9-,12?/m0/s1. The summed E-state index contributed by atoms with van der Waals surface area (Å²) in [5.74, 6) is 1.96. The van der Waals surface area contributed by atoms with Gasteiger partial charge in [0.2, 0.25) is 5.91 Å². The summed E-state index contributed by atoms with van der Waals surface area (Å²) in [6.07, 6.45) is 0. The zero-order valence-electron chi connectivity index (χ0n) is 10.3. The summed E-state index contributed by atoms with van der Waals surface area (Å²) in [4.78, 5) is 12.1. The average Bonchev–Trinajstić information content (AvgIpc) is 2.40. The highest BCUT2D eigenvalue weighted by Gasteiger charge is 2.22. The second-order valence-corrected chi connectivity index (χ2v) is 5.89. The van der Waals surface area contributed by atoms with Crippen molar-refractivity contribution in [3.63, 3.8) is 0 Å². The molecule has 2 N–H and O–H groups in total. The molecule has 1 aliphatic rings. The molecule has 98 valence electrons. The van der Waals surface area contributed by atoms with Crippen molar-refractivity contribution in [2.45, 2.75) is 19.0 Å². The van der Waals surface area contributed by atoms with Crippen molar-refractivity contribution in [3.05, 3.63) is 34.9 Å². The first-order valence-electron chi connectivity index (χ1n) is 6.04. The number of benzene rings is 1.